The molecule has 0 unspecified atom stereocenters. The summed E-state index contributed by atoms with van der Waals surface area (Å²) in [5.41, 5.74) is 8.44. The molecule has 1 aromatic heterocycles. The summed E-state index contributed by atoms with van der Waals surface area (Å²) in [5.74, 6) is 0. The maximum absolute atomic E-state index is 8.83. The number of nitrogens with zero attached hydrogens (tertiary/aromatic N) is 1. The van der Waals surface area contributed by atoms with Crippen molar-refractivity contribution in [1.29, 1.82) is 5.26 Å². The number of nitrogens with two attached hydrogens (primary N) is 1. The average molecular weight is 314 g/mol. The number of benzene rings is 1. The lowest BCUT2D eigenvalue weighted by atomic mass is 10.2. The Morgan fingerprint density at radius 2 is 2.05 bits per heavy atom. The summed E-state index contributed by atoms with van der Waals surface area (Å²) in [6.07, 6.45) is 5.13. The van der Waals surface area contributed by atoms with Crippen LogP contribution < -0.4 is 5.73 Å². The van der Waals surface area contributed by atoms with Crippen molar-refractivity contribution in [3.05, 3.63) is 64.8 Å². The molecule has 0 bridgehead atoms. The van der Waals surface area contributed by atoms with E-state index in [1.165, 1.54) is 0 Å². The zero-order chi connectivity index (χ0) is 15.2. The predicted octanol–water partition coefficient (Wildman–Crippen LogP) is 4.08. The van der Waals surface area contributed by atoms with E-state index in [1.807, 2.05) is 48.5 Å². The number of hydrogen-bond acceptors (Lipinski definition) is 2. The zero-order valence-corrected chi connectivity index (χ0v) is 12.6. The SMILES string of the molecule is N#C/C(=C/C=C/c1ccc(-c2ccccc2Cl)[nH]1)C(N)=S. The second-order valence-corrected chi connectivity index (χ2v) is 5.07. The molecule has 1 aromatic carbocycles. The van der Waals surface area contributed by atoms with Crippen molar-refractivity contribution in [3.63, 3.8) is 0 Å². The lowest BCUT2D eigenvalue weighted by Gasteiger charge is -2.00. The highest BCUT2D eigenvalue weighted by molar-refractivity contribution is 7.80. The molecule has 0 fully saturated rings. The molecule has 0 aliphatic heterocycles. The number of nitriles is 1. The van der Waals surface area contributed by atoms with Crippen molar-refractivity contribution in [1.82, 2.24) is 4.98 Å². The van der Waals surface area contributed by atoms with Gasteiger partial charge in [0.05, 0.1) is 5.57 Å². The van der Waals surface area contributed by atoms with Crippen LogP contribution in [0.1, 0.15) is 5.69 Å². The lowest BCUT2D eigenvalue weighted by molar-refractivity contribution is 1.37. The number of nitrogens with one attached hydrogen (secondary N) is 1. The molecule has 0 aliphatic rings. The van der Waals surface area contributed by atoms with E-state index in [4.69, 9.17) is 34.8 Å². The Labute approximate surface area is 133 Å². The maximum atomic E-state index is 8.83. The molecular formula is C16H12ClN3S. The van der Waals surface area contributed by atoms with Crippen LogP contribution in [0.25, 0.3) is 17.3 Å². The van der Waals surface area contributed by atoms with Crippen LogP contribution in [-0.4, -0.2) is 9.97 Å². The molecule has 0 saturated carbocycles. The van der Waals surface area contributed by atoms with Gasteiger partial charge in [0.25, 0.3) is 0 Å². The van der Waals surface area contributed by atoms with Gasteiger partial charge >= 0.3 is 0 Å². The number of halogens is 1. The van der Waals surface area contributed by atoms with Crippen LogP contribution in [0.2, 0.25) is 5.02 Å². The van der Waals surface area contributed by atoms with Crippen LogP contribution in [0.5, 0.6) is 0 Å². The Balaban J connectivity index is 2.20. The van der Waals surface area contributed by atoms with Gasteiger partial charge in [0.15, 0.2) is 0 Å². The van der Waals surface area contributed by atoms with E-state index in [9.17, 15) is 0 Å². The van der Waals surface area contributed by atoms with E-state index in [2.05, 4.69) is 4.98 Å². The summed E-state index contributed by atoms with van der Waals surface area (Å²) >= 11 is 10.9. The van der Waals surface area contributed by atoms with E-state index >= 15 is 0 Å². The van der Waals surface area contributed by atoms with Crippen LogP contribution in [0, 0.1) is 11.3 Å². The topological polar surface area (TPSA) is 65.6 Å². The third-order valence-corrected chi connectivity index (χ3v) is 3.35. The van der Waals surface area contributed by atoms with Crippen molar-refractivity contribution >= 4 is 34.9 Å². The summed E-state index contributed by atoms with van der Waals surface area (Å²) < 4.78 is 0. The molecule has 0 saturated heterocycles. The molecule has 0 aliphatic carbocycles. The van der Waals surface area contributed by atoms with Crippen molar-refractivity contribution in [2.24, 2.45) is 5.73 Å². The number of hydrogen-bond donors (Lipinski definition) is 2. The Bertz CT molecular complexity index is 766. The van der Waals surface area contributed by atoms with Gasteiger partial charge in [0, 0.05) is 22.0 Å². The second kappa shape index (κ2) is 6.89. The number of thiocarbonyl (C=S) groups is 1. The number of H-pyrrole nitrogens is 1. The fourth-order valence-corrected chi connectivity index (χ4v) is 2.12. The smallest absolute Gasteiger partial charge is 0.114 e. The van der Waals surface area contributed by atoms with Gasteiger partial charge in [-0.25, -0.2) is 0 Å². The quantitative estimate of drug-likeness (QED) is 0.387. The van der Waals surface area contributed by atoms with E-state index < -0.39 is 0 Å². The molecule has 0 atom stereocenters. The first-order valence-electron chi connectivity index (χ1n) is 6.14. The lowest BCUT2D eigenvalue weighted by Crippen LogP contribution is -2.09. The minimum atomic E-state index is 0.0883. The number of allylic oxidation sites excluding steroid dienone is 2. The monoisotopic (exact) mass is 313 g/mol. The van der Waals surface area contributed by atoms with Gasteiger partial charge in [-0.05, 0) is 30.4 Å². The molecule has 2 rings (SSSR count). The largest absolute Gasteiger partial charge is 0.389 e. The van der Waals surface area contributed by atoms with Gasteiger partial charge in [-0.15, -0.1) is 0 Å². The molecule has 2 aromatic rings. The van der Waals surface area contributed by atoms with Gasteiger partial charge in [-0.2, -0.15) is 5.26 Å². The molecule has 21 heavy (non-hydrogen) atoms. The van der Waals surface area contributed by atoms with Crippen LogP contribution in [0.3, 0.4) is 0 Å². The van der Waals surface area contributed by atoms with Gasteiger partial charge in [-0.1, -0.05) is 48.1 Å². The minimum absolute atomic E-state index is 0.0883. The van der Waals surface area contributed by atoms with Crippen molar-refractivity contribution < 1.29 is 0 Å². The fourth-order valence-electron chi connectivity index (χ4n) is 1.77. The molecule has 0 amide bonds. The number of aromatic nitrogens is 1. The van der Waals surface area contributed by atoms with Gasteiger partial charge in [0.1, 0.15) is 11.1 Å². The standard InChI is InChI=1S/C16H12ClN3S/c17-14-7-2-1-6-13(14)15-9-8-12(20-15)5-3-4-11(10-18)16(19)21/h1-9,20H,(H2,19,21)/b5-3+,11-4-. The van der Waals surface area contributed by atoms with Crippen molar-refractivity contribution in [3.8, 4) is 17.3 Å². The van der Waals surface area contributed by atoms with E-state index in [-0.39, 0.29) is 10.6 Å². The summed E-state index contributed by atoms with van der Waals surface area (Å²) in [6, 6.07) is 13.4. The van der Waals surface area contributed by atoms with Crippen LogP contribution in [0.15, 0.2) is 54.1 Å². The Morgan fingerprint density at radius 1 is 1.29 bits per heavy atom. The maximum Gasteiger partial charge on any atom is 0.114 e. The van der Waals surface area contributed by atoms with Crippen molar-refractivity contribution in [2.75, 3.05) is 0 Å². The molecule has 104 valence electrons. The van der Waals surface area contributed by atoms with Crippen LogP contribution in [0.4, 0.5) is 0 Å². The molecule has 1 heterocycles. The Hall–Kier alpha value is -2.35. The summed E-state index contributed by atoms with van der Waals surface area (Å²) in [7, 11) is 0. The highest BCUT2D eigenvalue weighted by atomic mass is 35.5. The van der Waals surface area contributed by atoms with E-state index in [0.29, 0.717) is 5.02 Å². The fraction of sp³-hybridized carbons (Fsp3) is 0. The average Bonchev–Trinajstić information content (AvgIpc) is 2.92. The van der Waals surface area contributed by atoms with Crippen molar-refractivity contribution in [2.45, 2.75) is 0 Å². The van der Waals surface area contributed by atoms with E-state index in [0.717, 1.165) is 17.0 Å². The third-order valence-electron chi connectivity index (χ3n) is 2.80. The first kappa shape index (κ1) is 15.0. The molecule has 3 nitrogen and oxygen atoms in total. The summed E-state index contributed by atoms with van der Waals surface area (Å²) in [4.78, 5) is 3.33. The first-order valence-corrected chi connectivity index (χ1v) is 6.92. The first-order chi connectivity index (χ1) is 10.1. The minimum Gasteiger partial charge on any atom is -0.389 e. The molecule has 5 heteroatoms. The van der Waals surface area contributed by atoms with Gasteiger partial charge < -0.3 is 10.7 Å². The van der Waals surface area contributed by atoms with Crippen LogP contribution in [-0.2, 0) is 0 Å². The molecular weight excluding hydrogens is 302 g/mol. The third kappa shape index (κ3) is 3.82. The number of rotatable bonds is 4. The molecule has 0 radical (unpaired) electrons. The highest BCUT2D eigenvalue weighted by Gasteiger charge is 2.03. The van der Waals surface area contributed by atoms with E-state index in [1.54, 1.807) is 12.2 Å². The van der Waals surface area contributed by atoms with Crippen LogP contribution >= 0.6 is 23.8 Å². The zero-order valence-electron chi connectivity index (χ0n) is 11.0. The van der Waals surface area contributed by atoms with Gasteiger partial charge in [-0.3, -0.25) is 0 Å². The Kier molecular flexibility index (Phi) is 4.94. The molecule has 3 N–H and O–H groups in total. The highest BCUT2D eigenvalue weighted by Crippen LogP contribution is 2.26. The predicted molar refractivity (Wildman–Crippen MR) is 90.8 cm³/mol. The summed E-state index contributed by atoms with van der Waals surface area (Å²) in [6.45, 7) is 0. The van der Waals surface area contributed by atoms with Gasteiger partial charge in [0.2, 0.25) is 0 Å². The number of aromatic amines is 1. The molecule has 0 spiro atoms. The summed E-state index contributed by atoms with van der Waals surface area (Å²) in [5, 5.41) is 9.52. The normalized spacial score (nSPS) is 11.5. The second-order valence-electron chi connectivity index (χ2n) is 4.22. The Morgan fingerprint density at radius 3 is 2.71 bits per heavy atom.